The number of hydrogen-bond acceptors (Lipinski definition) is 4. The van der Waals surface area contributed by atoms with E-state index in [1.807, 2.05) is 0 Å². The standard InChI is InChI=1S/C11H8BrF6NO3/c1-21-7(20)2-6-5(3-12)4-19-9(22-11(16,17)18)8(6)10(13,14)15/h4H,2-3H2,1H3. The van der Waals surface area contributed by atoms with E-state index in [1.165, 1.54) is 0 Å². The van der Waals surface area contributed by atoms with E-state index < -0.39 is 41.9 Å². The largest absolute Gasteiger partial charge is 0.574 e. The molecule has 0 aromatic carbocycles. The molecule has 0 saturated carbocycles. The predicted molar refractivity (Wildman–Crippen MR) is 64.3 cm³/mol. The summed E-state index contributed by atoms with van der Waals surface area (Å²) in [4.78, 5) is 14.3. The van der Waals surface area contributed by atoms with Crippen LogP contribution in [0.4, 0.5) is 26.3 Å². The van der Waals surface area contributed by atoms with E-state index >= 15 is 0 Å². The highest BCUT2D eigenvalue weighted by Gasteiger charge is 2.43. The molecular weight excluding hydrogens is 388 g/mol. The van der Waals surface area contributed by atoms with Crippen molar-refractivity contribution in [1.82, 2.24) is 4.98 Å². The van der Waals surface area contributed by atoms with Crippen molar-refractivity contribution in [2.45, 2.75) is 24.3 Å². The minimum absolute atomic E-state index is 0.104. The zero-order valence-electron chi connectivity index (χ0n) is 10.8. The van der Waals surface area contributed by atoms with E-state index in [2.05, 4.69) is 30.4 Å². The summed E-state index contributed by atoms with van der Waals surface area (Å²) in [6, 6.07) is 0. The second-order valence-electron chi connectivity index (χ2n) is 3.87. The number of alkyl halides is 7. The Morgan fingerprint density at radius 1 is 1.27 bits per heavy atom. The molecule has 0 N–H and O–H groups in total. The Hall–Kier alpha value is -1.52. The molecule has 0 aliphatic rings. The van der Waals surface area contributed by atoms with Crippen molar-refractivity contribution in [1.29, 1.82) is 0 Å². The number of nitrogens with zero attached hydrogens (tertiary/aromatic N) is 1. The molecule has 0 saturated heterocycles. The SMILES string of the molecule is COC(=O)Cc1c(CBr)cnc(OC(F)(F)F)c1C(F)(F)F. The van der Waals surface area contributed by atoms with E-state index in [0.29, 0.717) is 0 Å². The molecular formula is C11H8BrF6NO3. The van der Waals surface area contributed by atoms with Crippen LogP contribution in [0, 0.1) is 0 Å². The molecule has 22 heavy (non-hydrogen) atoms. The van der Waals surface area contributed by atoms with Gasteiger partial charge in [0.25, 0.3) is 0 Å². The number of hydrogen-bond donors (Lipinski definition) is 0. The molecule has 0 aliphatic carbocycles. The van der Waals surface area contributed by atoms with Crippen LogP contribution in [0.3, 0.4) is 0 Å². The van der Waals surface area contributed by atoms with E-state index in [4.69, 9.17) is 0 Å². The maximum Gasteiger partial charge on any atom is 0.574 e. The van der Waals surface area contributed by atoms with Gasteiger partial charge in [-0.25, -0.2) is 4.98 Å². The average molecular weight is 396 g/mol. The molecule has 4 nitrogen and oxygen atoms in total. The van der Waals surface area contributed by atoms with E-state index in [9.17, 15) is 31.1 Å². The first kappa shape index (κ1) is 18.5. The zero-order chi connectivity index (χ0) is 17.1. The van der Waals surface area contributed by atoms with Gasteiger partial charge in [-0.05, 0) is 11.1 Å². The summed E-state index contributed by atoms with van der Waals surface area (Å²) in [5.41, 5.74) is -2.55. The number of pyridine rings is 1. The van der Waals surface area contributed by atoms with Gasteiger partial charge >= 0.3 is 18.5 Å². The van der Waals surface area contributed by atoms with Crippen molar-refractivity contribution in [3.63, 3.8) is 0 Å². The smallest absolute Gasteiger partial charge is 0.469 e. The zero-order valence-corrected chi connectivity index (χ0v) is 12.4. The number of aromatic nitrogens is 1. The normalized spacial score (nSPS) is 12.2. The molecule has 0 amide bonds. The van der Waals surface area contributed by atoms with Crippen LogP contribution in [-0.4, -0.2) is 24.4 Å². The number of methoxy groups -OCH3 is 1. The summed E-state index contributed by atoms with van der Waals surface area (Å²) in [5, 5.41) is -0.151. The molecule has 0 fully saturated rings. The topological polar surface area (TPSA) is 48.4 Å². The minimum atomic E-state index is -5.36. The van der Waals surface area contributed by atoms with Crippen LogP contribution in [0.1, 0.15) is 16.7 Å². The fourth-order valence-corrected chi connectivity index (χ4v) is 2.06. The van der Waals surface area contributed by atoms with Crippen molar-refractivity contribution in [3.8, 4) is 5.88 Å². The first-order valence-electron chi connectivity index (χ1n) is 5.46. The maximum absolute atomic E-state index is 13.1. The summed E-state index contributed by atoms with van der Waals surface area (Å²) in [7, 11) is 0.942. The highest BCUT2D eigenvalue weighted by atomic mass is 79.9. The monoisotopic (exact) mass is 395 g/mol. The third-order valence-corrected chi connectivity index (χ3v) is 3.03. The Morgan fingerprint density at radius 3 is 2.27 bits per heavy atom. The van der Waals surface area contributed by atoms with Gasteiger partial charge < -0.3 is 9.47 Å². The van der Waals surface area contributed by atoms with Crippen molar-refractivity contribution in [2.75, 3.05) is 7.11 Å². The second-order valence-corrected chi connectivity index (χ2v) is 4.43. The number of carbonyl (C=O) groups excluding carboxylic acids is 1. The van der Waals surface area contributed by atoms with Crippen LogP contribution in [0.25, 0.3) is 0 Å². The van der Waals surface area contributed by atoms with Crippen molar-refractivity contribution in [3.05, 3.63) is 22.9 Å². The Labute approximate surface area is 128 Å². The van der Waals surface area contributed by atoms with Crippen LogP contribution in [0.15, 0.2) is 6.20 Å². The lowest BCUT2D eigenvalue weighted by atomic mass is 10.0. The lowest BCUT2D eigenvalue weighted by molar-refractivity contribution is -0.277. The number of esters is 1. The Balaban J connectivity index is 3.54. The van der Waals surface area contributed by atoms with Crippen molar-refractivity contribution in [2.24, 2.45) is 0 Å². The van der Waals surface area contributed by atoms with Gasteiger partial charge in [0.1, 0.15) is 5.56 Å². The van der Waals surface area contributed by atoms with Gasteiger partial charge in [0.15, 0.2) is 0 Å². The number of halogens is 7. The van der Waals surface area contributed by atoms with Gasteiger partial charge in [-0.3, -0.25) is 4.79 Å². The van der Waals surface area contributed by atoms with E-state index in [0.717, 1.165) is 13.3 Å². The molecule has 0 spiro atoms. The molecule has 1 aromatic rings. The third kappa shape index (κ3) is 4.75. The lowest BCUT2D eigenvalue weighted by Gasteiger charge is -2.19. The van der Waals surface area contributed by atoms with Crippen LogP contribution in [-0.2, 0) is 27.5 Å². The molecule has 0 unspecified atom stereocenters. The summed E-state index contributed by atoms with van der Waals surface area (Å²) in [6.07, 6.45) is -10.7. The molecule has 11 heteroatoms. The first-order valence-corrected chi connectivity index (χ1v) is 6.58. The molecule has 0 atom stereocenters. The van der Waals surface area contributed by atoms with Gasteiger partial charge in [0.2, 0.25) is 5.88 Å². The molecule has 1 rings (SSSR count). The Kier molecular flexibility index (Phi) is 5.65. The second kappa shape index (κ2) is 6.71. The first-order chi connectivity index (χ1) is 9.99. The summed E-state index contributed by atoms with van der Waals surface area (Å²) < 4.78 is 83.5. The van der Waals surface area contributed by atoms with Crippen LogP contribution >= 0.6 is 15.9 Å². The summed E-state index contributed by atoms with van der Waals surface area (Å²) >= 11 is 2.88. The molecule has 1 aromatic heterocycles. The minimum Gasteiger partial charge on any atom is -0.469 e. The van der Waals surface area contributed by atoms with Gasteiger partial charge in [-0.1, -0.05) is 15.9 Å². The van der Waals surface area contributed by atoms with Crippen LogP contribution in [0.5, 0.6) is 5.88 Å². The Bertz CT molecular complexity index is 558. The summed E-state index contributed by atoms with van der Waals surface area (Å²) in [5.74, 6) is -2.71. The van der Waals surface area contributed by atoms with Crippen LogP contribution in [0.2, 0.25) is 0 Å². The fraction of sp³-hybridized carbons (Fsp3) is 0.455. The third-order valence-electron chi connectivity index (χ3n) is 2.43. The molecule has 0 bridgehead atoms. The van der Waals surface area contributed by atoms with Gasteiger partial charge in [-0.2, -0.15) is 13.2 Å². The molecule has 124 valence electrons. The molecule has 0 aliphatic heterocycles. The number of carbonyl (C=O) groups is 1. The van der Waals surface area contributed by atoms with Crippen LogP contribution < -0.4 is 4.74 Å². The number of rotatable bonds is 4. The molecule has 0 radical (unpaired) electrons. The highest BCUT2D eigenvalue weighted by molar-refractivity contribution is 9.08. The van der Waals surface area contributed by atoms with Gasteiger partial charge in [-0.15, -0.1) is 13.2 Å². The van der Waals surface area contributed by atoms with E-state index in [-0.39, 0.29) is 10.9 Å². The molecule has 1 heterocycles. The van der Waals surface area contributed by atoms with Crippen molar-refractivity contribution < 1.29 is 40.6 Å². The maximum atomic E-state index is 13.1. The summed E-state index contributed by atoms with van der Waals surface area (Å²) in [6.45, 7) is 0. The highest BCUT2D eigenvalue weighted by Crippen LogP contribution is 2.41. The quantitative estimate of drug-likeness (QED) is 0.444. The van der Waals surface area contributed by atoms with E-state index in [1.54, 1.807) is 0 Å². The van der Waals surface area contributed by atoms with Gasteiger partial charge in [0, 0.05) is 11.5 Å². The number of ether oxygens (including phenoxy) is 2. The average Bonchev–Trinajstić information content (AvgIpc) is 2.35. The lowest BCUT2D eigenvalue weighted by Crippen LogP contribution is -2.23. The fourth-order valence-electron chi connectivity index (χ4n) is 1.58. The van der Waals surface area contributed by atoms with Crippen molar-refractivity contribution >= 4 is 21.9 Å². The van der Waals surface area contributed by atoms with Gasteiger partial charge in [0.05, 0.1) is 13.5 Å². The predicted octanol–water partition coefficient (Wildman–Crippen LogP) is 3.61. The Morgan fingerprint density at radius 2 is 1.86 bits per heavy atom.